The molecule has 0 aromatic rings. The summed E-state index contributed by atoms with van der Waals surface area (Å²) >= 11 is 0. The van der Waals surface area contributed by atoms with Crippen molar-refractivity contribution < 1.29 is 13.2 Å². The second-order valence-corrected chi connectivity index (χ2v) is 7.00. The molecule has 0 spiro atoms. The van der Waals surface area contributed by atoms with E-state index in [-0.39, 0.29) is 5.75 Å². The highest BCUT2D eigenvalue weighted by Crippen LogP contribution is 2.13. The smallest absolute Gasteiger partial charge is 0.214 e. The fourth-order valence-electron chi connectivity index (χ4n) is 2.39. The van der Waals surface area contributed by atoms with Gasteiger partial charge in [0.25, 0.3) is 0 Å². The molecular formula is C11H23N3O3S. The molecule has 106 valence electrons. The molecule has 7 heteroatoms. The predicted octanol–water partition coefficient (Wildman–Crippen LogP) is -1.06. The molecule has 2 rings (SSSR count). The maximum Gasteiger partial charge on any atom is 0.214 e. The number of nitrogens with zero attached hydrogens (tertiary/aromatic N) is 2. The molecule has 0 aliphatic carbocycles. The molecular weight excluding hydrogens is 254 g/mol. The standard InChI is InChI=1S/C11H23N3O3S/c1-17-7-2-8-18(15,16)14-5-3-13(4-6-14)11-9-12-10-11/h11-12H,2-10H2,1H3. The van der Waals surface area contributed by atoms with Crippen LogP contribution in [0, 0.1) is 0 Å². The van der Waals surface area contributed by atoms with Crippen molar-refractivity contribution in [1.82, 2.24) is 14.5 Å². The van der Waals surface area contributed by atoms with Crippen LogP contribution < -0.4 is 5.32 Å². The number of hydrogen-bond donors (Lipinski definition) is 1. The first kappa shape index (κ1) is 14.2. The van der Waals surface area contributed by atoms with Gasteiger partial charge in [-0.1, -0.05) is 0 Å². The summed E-state index contributed by atoms with van der Waals surface area (Å²) in [5.41, 5.74) is 0. The zero-order valence-corrected chi connectivity index (χ0v) is 11.8. The largest absolute Gasteiger partial charge is 0.385 e. The highest BCUT2D eigenvalue weighted by molar-refractivity contribution is 7.89. The van der Waals surface area contributed by atoms with Crippen molar-refractivity contribution in [2.45, 2.75) is 12.5 Å². The van der Waals surface area contributed by atoms with Gasteiger partial charge in [0.2, 0.25) is 10.0 Å². The third-order valence-electron chi connectivity index (χ3n) is 3.69. The van der Waals surface area contributed by atoms with Crippen LogP contribution in [0.25, 0.3) is 0 Å². The molecule has 1 N–H and O–H groups in total. The number of hydrogen-bond acceptors (Lipinski definition) is 5. The molecule has 0 aromatic carbocycles. The van der Waals surface area contributed by atoms with Crippen LogP contribution in [-0.4, -0.2) is 82.4 Å². The van der Waals surface area contributed by atoms with E-state index in [1.54, 1.807) is 11.4 Å². The monoisotopic (exact) mass is 277 g/mol. The van der Waals surface area contributed by atoms with Crippen molar-refractivity contribution >= 4 is 10.0 Å². The van der Waals surface area contributed by atoms with Gasteiger partial charge in [-0.3, -0.25) is 4.90 Å². The Balaban J connectivity index is 1.77. The first-order valence-electron chi connectivity index (χ1n) is 6.55. The molecule has 0 unspecified atom stereocenters. The van der Waals surface area contributed by atoms with Crippen molar-refractivity contribution in [2.24, 2.45) is 0 Å². The summed E-state index contributed by atoms with van der Waals surface area (Å²) in [5.74, 6) is 0.200. The number of methoxy groups -OCH3 is 1. The van der Waals surface area contributed by atoms with Gasteiger partial charge in [-0.2, -0.15) is 4.31 Å². The Labute approximate surface area is 109 Å². The SMILES string of the molecule is COCCCS(=O)(=O)N1CCN(C2CNC2)CC1. The fraction of sp³-hybridized carbons (Fsp3) is 1.00. The summed E-state index contributed by atoms with van der Waals surface area (Å²) in [7, 11) is -1.49. The van der Waals surface area contributed by atoms with E-state index in [1.165, 1.54) is 0 Å². The van der Waals surface area contributed by atoms with E-state index in [1.807, 2.05) is 0 Å². The predicted molar refractivity (Wildman–Crippen MR) is 70.1 cm³/mol. The Bertz CT molecular complexity index is 349. The Hall–Kier alpha value is -0.210. The van der Waals surface area contributed by atoms with Gasteiger partial charge in [-0.15, -0.1) is 0 Å². The van der Waals surface area contributed by atoms with Crippen molar-refractivity contribution in [2.75, 3.05) is 58.7 Å². The highest BCUT2D eigenvalue weighted by Gasteiger charge is 2.31. The number of ether oxygens (including phenoxy) is 1. The van der Waals surface area contributed by atoms with Crippen LogP contribution in [0.1, 0.15) is 6.42 Å². The normalized spacial score (nSPS) is 24.1. The second kappa shape index (κ2) is 6.29. The molecule has 2 saturated heterocycles. The zero-order chi connectivity index (χ0) is 13.0. The molecule has 2 fully saturated rings. The molecule has 0 saturated carbocycles. The lowest BCUT2D eigenvalue weighted by Crippen LogP contribution is -2.62. The minimum atomic E-state index is -3.08. The van der Waals surface area contributed by atoms with Crippen LogP contribution in [0.15, 0.2) is 0 Å². The summed E-state index contributed by atoms with van der Waals surface area (Å²) in [4.78, 5) is 2.39. The molecule has 0 aromatic heterocycles. The highest BCUT2D eigenvalue weighted by atomic mass is 32.2. The van der Waals surface area contributed by atoms with Gasteiger partial charge in [0.05, 0.1) is 5.75 Å². The van der Waals surface area contributed by atoms with Crippen molar-refractivity contribution in [3.8, 4) is 0 Å². The van der Waals surface area contributed by atoms with Gasteiger partial charge in [-0.25, -0.2) is 8.42 Å². The van der Waals surface area contributed by atoms with E-state index in [4.69, 9.17) is 4.74 Å². The molecule has 2 heterocycles. The molecule has 0 atom stereocenters. The maximum absolute atomic E-state index is 12.1. The second-order valence-electron chi connectivity index (χ2n) is 4.91. The van der Waals surface area contributed by atoms with E-state index in [9.17, 15) is 8.42 Å². The lowest BCUT2D eigenvalue weighted by atomic mass is 10.1. The van der Waals surface area contributed by atoms with Gasteiger partial charge < -0.3 is 10.1 Å². The van der Waals surface area contributed by atoms with E-state index in [0.717, 1.165) is 26.2 Å². The number of rotatable bonds is 6. The molecule has 0 amide bonds. The van der Waals surface area contributed by atoms with Crippen LogP contribution in [0.5, 0.6) is 0 Å². The lowest BCUT2D eigenvalue weighted by molar-refractivity contribution is 0.103. The van der Waals surface area contributed by atoms with Crippen LogP contribution in [0.4, 0.5) is 0 Å². The zero-order valence-electron chi connectivity index (χ0n) is 11.0. The van der Waals surface area contributed by atoms with Crippen LogP contribution in [-0.2, 0) is 14.8 Å². The van der Waals surface area contributed by atoms with Crippen molar-refractivity contribution in [3.63, 3.8) is 0 Å². The third kappa shape index (κ3) is 3.42. The number of piperazine rings is 1. The van der Waals surface area contributed by atoms with Gasteiger partial charge in [0.1, 0.15) is 0 Å². The van der Waals surface area contributed by atoms with Gasteiger partial charge in [-0.05, 0) is 6.42 Å². The van der Waals surface area contributed by atoms with Crippen molar-refractivity contribution in [1.29, 1.82) is 0 Å². The average Bonchev–Trinajstić information content (AvgIpc) is 2.28. The Morgan fingerprint density at radius 2 is 1.89 bits per heavy atom. The quantitative estimate of drug-likeness (QED) is 0.627. The Kier molecular flexibility index (Phi) is 4.97. The summed E-state index contributed by atoms with van der Waals surface area (Å²) < 4.78 is 30.6. The first-order chi connectivity index (χ1) is 8.63. The molecule has 0 bridgehead atoms. The van der Waals surface area contributed by atoms with E-state index in [0.29, 0.717) is 32.2 Å². The Morgan fingerprint density at radius 3 is 2.39 bits per heavy atom. The number of nitrogens with one attached hydrogen (secondary N) is 1. The van der Waals surface area contributed by atoms with Crippen LogP contribution in [0.2, 0.25) is 0 Å². The minimum Gasteiger partial charge on any atom is -0.385 e. The summed E-state index contributed by atoms with van der Waals surface area (Å²) in [5, 5.41) is 3.25. The number of sulfonamides is 1. The Morgan fingerprint density at radius 1 is 1.22 bits per heavy atom. The summed E-state index contributed by atoms with van der Waals surface area (Å²) in [6, 6.07) is 0.614. The average molecular weight is 277 g/mol. The molecule has 18 heavy (non-hydrogen) atoms. The topological polar surface area (TPSA) is 61.9 Å². The van der Waals surface area contributed by atoms with Gasteiger partial charge in [0, 0.05) is 59.0 Å². The van der Waals surface area contributed by atoms with Crippen LogP contribution >= 0.6 is 0 Å². The molecule has 2 aliphatic rings. The van der Waals surface area contributed by atoms with Gasteiger partial charge >= 0.3 is 0 Å². The summed E-state index contributed by atoms with van der Waals surface area (Å²) in [6.45, 7) is 5.57. The summed E-state index contributed by atoms with van der Waals surface area (Å²) in [6.07, 6.45) is 0.575. The van der Waals surface area contributed by atoms with Crippen LogP contribution in [0.3, 0.4) is 0 Å². The van der Waals surface area contributed by atoms with E-state index < -0.39 is 10.0 Å². The molecule has 0 radical (unpaired) electrons. The molecule has 2 aliphatic heterocycles. The van der Waals surface area contributed by atoms with Gasteiger partial charge in [0.15, 0.2) is 0 Å². The first-order valence-corrected chi connectivity index (χ1v) is 8.16. The minimum absolute atomic E-state index is 0.200. The maximum atomic E-state index is 12.1. The fourth-order valence-corrected chi connectivity index (χ4v) is 3.85. The molecule has 6 nitrogen and oxygen atoms in total. The lowest BCUT2D eigenvalue weighted by Gasteiger charge is -2.42. The van der Waals surface area contributed by atoms with E-state index >= 15 is 0 Å². The van der Waals surface area contributed by atoms with Crippen molar-refractivity contribution in [3.05, 3.63) is 0 Å². The third-order valence-corrected chi connectivity index (χ3v) is 5.65. The van der Waals surface area contributed by atoms with E-state index in [2.05, 4.69) is 10.2 Å².